The number of carbonyl (C=O) groups is 9. The Morgan fingerprint density at radius 2 is 0.487 bits per heavy atom. The van der Waals surface area contributed by atoms with E-state index in [0.717, 1.165) is 0 Å². The Hall–Kier alpha value is -12.5. The van der Waals surface area contributed by atoms with Gasteiger partial charge < -0.3 is 71.1 Å². The van der Waals surface area contributed by atoms with Crippen LogP contribution < -0.4 is 0 Å². The highest BCUT2D eigenvalue weighted by Gasteiger charge is 2.58. The van der Waals surface area contributed by atoms with Crippen molar-refractivity contribution in [1.82, 2.24) is 0 Å². The average molecular weight is 1580 g/mol. The van der Waals surface area contributed by atoms with Crippen molar-refractivity contribution in [3.05, 3.63) is 359 Å². The normalized spacial score (nSPS) is 22.9. The number of hydrogen-bond acceptors (Lipinski definition) is 25. The molecule has 15 atom stereocenters. The molecule has 3 fully saturated rings. The van der Waals surface area contributed by atoms with Crippen LogP contribution in [0.3, 0.4) is 0 Å². The lowest BCUT2D eigenvalue weighted by Crippen LogP contribution is -2.65. The fourth-order valence-corrected chi connectivity index (χ4v) is 13.9. The maximum Gasteiger partial charge on any atom is 0.338 e. The standard InChI is InChI=1S/C90H78O24S/c1-2-115-90-78(114-87(99)66-51-31-12-32-52-66)75(112-85(97)64-47-27-10-28-48-64)72(109-82(94)61-41-21-7-22-42-61)69(106-90)56-102-88-76(100-53-57-33-13-3-14-34-57)73(110-83(95)62-43-23-8-24-44-62)70(107-80(92)59-37-17-5-18-38-59)68(104-88)55-103-89-77(113-86(98)65-49-29-11-30-50-65)74(111-84(96)63-45-25-9-26-46-63)71(108-81(93)60-39-19-6-20-40-60)67(105-89)54-101-79(91)58-35-15-4-16-36-58/h3-52,67-78,88-90H,2,53-56H2,1H3/t67-,68-,69-,70-,71-,72-,73+,74+,75+,76-,77-,78-,88+,89-,90+/m1/s1. The molecule has 24 nitrogen and oxygen atoms in total. The molecule has 0 N–H and O–H groups in total. The Labute approximate surface area is 665 Å². The molecule has 0 spiro atoms. The van der Waals surface area contributed by atoms with Gasteiger partial charge >= 0.3 is 53.7 Å². The summed E-state index contributed by atoms with van der Waals surface area (Å²) in [5.74, 6) is -8.14. The van der Waals surface area contributed by atoms with E-state index in [-0.39, 0.29) is 56.7 Å². The van der Waals surface area contributed by atoms with E-state index in [1.807, 2.05) is 6.92 Å². The van der Waals surface area contributed by atoms with Gasteiger partial charge in [0, 0.05) is 0 Å². The molecular formula is C90H78O24S. The van der Waals surface area contributed by atoms with Gasteiger partial charge in [-0.3, -0.25) is 0 Å². The SMILES string of the molecule is CCS[C@@H]1O[C@H](CO[C@H]2O[C@H](CO[C@@H]3O[C@H](COC(=O)c4ccccc4)[C@@H](OC(=O)c4ccccc4)[C@H](OC(=O)c4ccccc4)[C@H]3OC(=O)c3ccccc3)[C@@H](OC(=O)c3ccccc3)[C@H](OC(=O)c3ccccc3)[C@H]2OCc2ccccc2)[C@@H](OC(=O)c2ccccc2)[C@H](OC(=O)c2ccccc2)[C@H]1OC(=O)c1ccccc1. The van der Waals surface area contributed by atoms with E-state index in [4.69, 9.17) is 71.1 Å². The van der Waals surface area contributed by atoms with Gasteiger partial charge in [-0.25, -0.2) is 43.2 Å². The van der Waals surface area contributed by atoms with Crippen LogP contribution in [0.5, 0.6) is 0 Å². The Bertz CT molecular complexity index is 4850. The van der Waals surface area contributed by atoms with Crippen LogP contribution in [-0.4, -0.2) is 171 Å². The largest absolute Gasteiger partial charge is 0.459 e. The Balaban J connectivity index is 0.939. The van der Waals surface area contributed by atoms with E-state index in [2.05, 4.69) is 0 Å². The maximum atomic E-state index is 15.1. The van der Waals surface area contributed by atoms with Gasteiger partial charge in [0.2, 0.25) is 0 Å². The van der Waals surface area contributed by atoms with Crippen LogP contribution in [0.4, 0.5) is 0 Å². The van der Waals surface area contributed by atoms with Crippen LogP contribution in [0.15, 0.2) is 303 Å². The molecule has 13 rings (SSSR count). The summed E-state index contributed by atoms with van der Waals surface area (Å²) in [6.45, 7) is -0.766. The van der Waals surface area contributed by atoms with Gasteiger partial charge in [0.05, 0.1) is 69.9 Å². The summed E-state index contributed by atoms with van der Waals surface area (Å²) in [7, 11) is 0. The first kappa shape index (κ1) is 80.6. The Morgan fingerprint density at radius 3 is 0.800 bits per heavy atom. The second-order valence-corrected chi connectivity index (χ2v) is 27.7. The summed E-state index contributed by atoms with van der Waals surface area (Å²) in [5, 5.41) is 0. The zero-order chi connectivity index (χ0) is 79.8. The lowest BCUT2D eigenvalue weighted by atomic mass is 9.96. The molecule has 588 valence electrons. The number of rotatable bonds is 30. The quantitative estimate of drug-likeness (QED) is 0.0298. The lowest BCUT2D eigenvalue weighted by Gasteiger charge is -2.47. The smallest absolute Gasteiger partial charge is 0.338 e. The van der Waals surface area contributed by atoms with Crippen LogP contribution in [0.2, 0.25) is 0 Å². The first-order valence-corrected chi connectivity index (χ1v) is 38.1. The second-order valence-electron chi connectivity index (χ2n) is 26.4. The molecule has 0 amide bonds. The molecule has 3 heterocycles. The molecule has 0 bridgehead atoms. The first-order valence-electron chi connectivity index (χ1n) is 37.0. The minimum atomic E-state index is -2.01. The molecule has 25 heteroatoms. The highest BCUT2D eigenvalue weighted by Crippen LogP contribution is 2.39. The molecule has 3 saturated heterocycles. The van der Waals surface area contributed by atoms with Crippen molar-refractivity contribution in [2.24, 2.45) is 0 Å². The molecule has 0 saturated carbocycles. The summed E-state index contributed by atoms with van der Waals surface area (Å²) in [6, 6.07) is 79.6. The van der Waals surface area contributed by atoms with Crippen LogP contribution in [0.1, 0.15) is 106 Å². The van der Waals surface area contributed by atoms with Crippen molar-refractivity contribution in [3.8, 4) is 0 Å². The summed E-state index contributed by atoms with van der Waals surface area (Å²) >= 11 is 1.17. The molecule has 0 aliphatic carbocycles. The van der Waals surface area contributed by atoms with Crippen molar-refractivity contribution >= 4 is 65.5 Å². The van der Waals surface area contributed by atoms with Gasteiger partial charge in [0.25, 0.3) is 0 Å². The average Bonchev–Trinajstić information content (AvgIpc) is 0.768. The molecule has 0 unspecified atom stereocenters. The minimum Gasteiger partial charge on any atom is -0.459 e. The van der Waals surface area contributed by atoms with Gasteiger partial charge in [-0.15, -0.1) is 11.8 Å². The molecule has 3 aliphatic rings. The van der Waals surface area contributed by atoms with Gasteiger partial charge in [-0.2, -0.15) is 0 Å². The lowest BCUT2D eigenvalue weighted by molar-refractivity contribution is -0.337. The third-order valence-corrected chi connectivity index (χ3v) is 19.7. The van der Waals surface area contributed by atoms with Crippen LogP contribution in [0, 0.1) is 0 Å². The molecule has 0 radical (unpaired) electrons. The van der Waals surface area contributed by atoms with Crippen molar-refractivity contribution in [1.29, 1.82) is 0 Å². The van der Waals surface area contributed by atoms with E-state index in [0.29, 0.717) is 11.3 Å². The van der Waals surface area contributed by atoms with Crippen LogP contribution >= 0.6 is 11.8 Å². The minimum absolute atomic E-state index is 0.00129. The number of hydrogen-bond donors (Lipinski definition) is 0. The van der Waals surface area contributed by atoms with Crippen LogP contribution in [0.25, 0.3) is 0 Å². The van der Waals surface area contributed by atoms with Gasteiger partial charge in [0.1, 0.15) is 36.5 Å². The number of carbonyl (C=O) groups excluding carboxylic acids is 9. The number of esters is 9. The van der Waals surface area contributed by atoms with Crippen molar-refractivity contribution in [2.45, 2.75) is 105 Å². The second kappa shape index (κ2) is 39.8. The number of ether oxygens (including phenoxy) is 15. The fraction of sp³-hybridized carbons (Fsp3) is 0.233. The molecule has 3 aliphatic heterocycles. The van der Waals surface area contributed by atoms with Crippen molar-refractivity contribution < 1.29 is 114 Å². The van der Waals surface area contributed by atoms with E-state index in [1.165, 1.54) is 121 Å². The first-order chi connectivity index (χ1) is 56.2. The van der Waals surface area contributed by atoms with Crippen LogP contribution in [-0.2, 0) is 77.7 Å². The topological polar surface area (TPSA) is 292 Å². The summed E-state index contributed by atoms with van der Waals surface area (Å²) in [4.78, 5) is 132. The zero-order valence-corrected chi connectivity index (χ0v) is 62.6. The highest BCUT2D eigenvalue weighted by molar-refractivity contribution is 7.99. The predicted octanol–water partition coefficient (Wildman–Crippen LogP) is 13.2. The Morgan fingerprint density at radius 1 is 0.252 bits per heavy atom. The van der Waals surface area contributed by atoms with E-state index in [9.17, 15) is 33.6 Å². The van der Waals surface area contributed by atoms with E-state index in [1.54, 1.807) is 194 Å². The summed E-state index contributed by atoms with van der Waals surface area (Å²) in [6.07, 6.45) is -24.8. The fourth-order valence-electron chi connectivity index (χ4n) is 12.9. The summed E-state index contributed by atoms with van der Waals surface area (Å²) < 4.78 is 99.3. The number of thioether (sulfide) groups is 1. The highest BCUT2D eigenvalue weighted by atomic mass is 32.2. The molecule has 115 heavy (non-hydrogen) atoms. The van der Waals surface area contributed by atoms with Gasteiger partial charge in [-0.1, -0.05) is 201 Å². The predicted molar refractivity (Wildman–Crippen MR) is 413 cm³/mol. The maximum absolute atomic E-state index is 15.1. The zero-order valence-electron chi connectivity index (χ0n) is 61.8. The molecule has 10 aromatic rings. The molecule has 10 aromatic carbocycles. The van der Waals surface area contributed by atoms with E-state index >= 15 is 9.59 Å². The Kier molecular flexibility index (Phi) is 27.9. The van der Waals surface area contributed by atoms with E-state index < -0.39 is 165 Å². The third-order valence-electron chi connectivity index (χ3n) is 18.6. The molecule has 0 aromatic heterocycles. The van der Waals surface area contributed by atoms with Crippen molar-refractivity contribution in [2.75, 3.05) is 25.6 Å². The third kappa shape index (κ3) is 21.1. The summed E-state index contributed by atoms with van der Waals surface area (Å²) in [5.41, 5.74) is -0.173. The van der Waals surface area contributed by atoms with Gasteiger partial charge in [0.15, 0.2) is 61.4 Å². The van der Waals surface area contributed by atoms with Crippen molar-refractivity contribution in [3.63, 3.8) is 0 Å². The monoisotopic (exact) mass is 1570 g/mol. The number of benzene rings is 10. The molecular weight excluding hydrogens is 1500 g/mol. The van der Waals surface area contributed by atoms with Gasteiger partial charge in [-0.05, 0) is 121 Å².